The fraction of sp³-hybridized carbons (Fsp3) is 0.471. The molecule has 5 heteroatoms. The van der Waals surface area contributed by atoms with Gasteiger partial charge in [0, 0.05) is 36.9 Å². The molecule has 22 heavy (non-hydrogen) atoms. The molecule has 0 aliphatic rings. The van der Waals surface area contributed by atoms with Crippen molar-refractivity contribution in [1.82, 2.24) is 5.32 Å². The van der Waals surface area contributed by atoms with Gasteiger partial charge in [0.15, 0.2) is 0 Å². The van der Waals surface area contributed by atoms with E-state index in [9.17, 15) is 0 Å². The normalized spacial score (nSPS) is 13.3. The Kier molecular flexibility index (Phi) is 6.43. The van der Waals surface area contributed by atoms with Gasteiger partial charge in [-0.1, -0.05) is 26.8 Å². The number of likely N-dealkylation sites (N-methyl/N-ethyl adjacent to an activating group) is 2. The van der Waals surface area contributed by atoms with Gasteiger partial charge in [-0.3, -0.25) is 0 Å². The molecule has 0 saturated carbocycles. The van der Waals surface area contributed by atoms with Crippen LogP contribution in [0.3, 0.4) is 0 Å². The molecular formula is C17H29N5. The molecule has 5 N–H and O–H groups in total. The summed E-state index contributed by atoms with van der Waals surface area (Å²) in [4.78, 5) is 6.60. The van der Waals surface area contributed by atoms with Gasteiger partial charge >= 0.3 is 0 Å². The van der Waals surface area contributed by atoms with Crippen molar-refractivity contribution in [3.05, 3.63) is 36.0 Å². The van der Waals surface area contributed by atoms with Crippen molar-refractivity contribution in [3.63, 3.8) is 0 Å². The Morgan fingerprint density at radius 1 is 1.32 bits per heavy atom. The smallest absolute Gasteiger partial charge is 0.125 e. The third-order valence-corrected chi connectivity index (χ3v) is 3.40. The first-order valence-electron chi connectivity index (χ1n) is 7.51. The summed E-state index contributed by atoms with van der Waals surface area (Å²) in [6.07, 6.45) is 1.73. The number of aliphatic imine (C=N–C) groups is 1. The molecule has 0 aromatic heterocycles. The summed E-state index contributed by atoms with van der Waals surface area (Å²) in [5.74, 6) is 0.419. The predicted molar refractivity (Wildman–Crippen MR) is 96.6 cm³/mol. The van der Waals surface area contributed by atoms with E-state index in [-0.39, 0.29) is 5.41 Å². The second-order valence-electron chi connectivity index (χ2n) is 6.43. The number of rotatable bonds is 6. The number of nitrogens with one attached hydrogen (secondary N) is 1. The molecule has 5 nitrogen and oxygen atoms in total. The Bertz CT molecular complexity index is 540. The van der Waals surface area contributed by atoms with E-state index in [1.807, 2.05) is 46.0 Å². The Balaban J connectivity index is 2.92. The highest BCUT2D eigenvalue weighted by Gasteiger charge is 2.13. The lowest BCUT2D eigenvalue weighted by molar-refractivity contribution is 0.498. The first-order chi connectivity index (χ1) is 10.2. The maximum atomic E-state index is 6.02. The second-order valence-corrected chi connectivity index (χ2v) is 6.43. The van der Waals surface area contributed by atoms with Crippen LogP contribution in [0.25, 0.3) is 0 Å². The Morgan fingerprint density at radius 3 is 2.59 bits per heavy atom. The molecule has 0 bridgehead atoms. The maximum Gasteiger partial charge on any atom is 0.125 e. The zero-order valence-corrected chi connectivity index (χ0v) is 14.4. The first-order valence-corrected chi connectivity index (χ1v) is 7.51. The number of hydrogen-bond acceptors (Lipinski definition) is 4. The van der Waals surface area contributed by atoms with E-state index < -0.39 is 0 Å². The van der Waals surface area contributed by atoms with E-state index in [4.69, 9.17) is 11.5 Å². The second kappa shape index (κ2) is 7.84. The molecule has 0 atom stereocenters. The van der Waals surface area contributed by atoms with Gasteiger partial charge < -0.3 is 21.7 Å². The molecule has 0 fully saturated rings. The molecule has 0 saturated heterocycles. The molecule has 0 unspecified atom stereocenters. The van der Waals surface area contributed by atoms with Crippen LogP contribution >= 0.6 is 0 Å². The topological polar surface area (TPSA) is 79.7 Å². The third kappa shape index (κ3) is 5.77. The summed E-state index contributed by atoms with van der Waals surface area (Å²) in [6, 6.07) is 7.99. The van der Waals surface area contributed by atoms with Crippen LogP contribution in [0.1, 0.15) is 20.8 Å². The summed E-state index contributed by atoms with van der Waals surface area (Å²) >= 11 is 0. The minimum absolute atomic E-state index is 0.116. The van der Waals surface area contributed by atoms with Crippen molar-refractivity contribution >= 4 is 17.2 Å². The van der Waals surface area contributed by atoms with Crippen molar-refractivity contribution in [2.75, 3.05) is 32.1 Å². The molecule has 0 aliphatic heterocycles. The zero-order valence-electron chi connectivity index (χ0n) is 14.4. The van der Waals surface area contributed by atoms with Gasteiger partial charge in [0.05, 0.1) is 5.69 Å². The van der Waals surface area contributed by atoms with Crippen molar-refractivity contribution in [2.45, 2.75) is 20.8 Å². The quantitative estimate of drug-likeness (QED) is 0.556. The van der Waals surface area contributed by atoms with E-state index in [0.717, 1.165) is 30.2 Å². The average molecular weight is 303 g/mol. The van der Waals surface area contributed by atoms with Crippen LogP contribution < -0.4 is 21.7 Å². The van der Waals surface area contributed by atoms with Crippen molar-refractivity contribution in [2.24, 2.45) is 21.9 Å². The lowest BCUT2D eigenvalue weighted by Crippen LogP contribution is -2.26. The highest BCUT2D eigenvalue weighted by Crippen LogP contribution is 2.22. The van der Waals surface area contributed by atoms with Crippen LogP contribution in [0.15, 0.2) is 41.0 Å². The summed E-state index contributed by atoms with van der Waals surface area (Å²) in [6.45, 7) is 7.99. The van der Waals surface area contributed by atoms with Crippen LogP contribution in [-0.4, -0.2) is 33.0 Å². The fourth-order valence-corrected chi connectivity index (χ4v) is 1.77. The van der Waals surface area contributed by atoms with Gasteiger partial charge in [-0.2, -0.15) is 0 Å². The van der Waals surface area contributed by atoms with Gasteiger partial charge in [-0.15, -0.1) is 0 Å². The number of allylic oxidation sites excluding steroid dienone is 1. The molecule has 122 valence electrons. The molecule has 0 spiro atoms. The number of nitrogens with zero attached hydrogens (tertiary/aromatic N) is 2. The van der Waals surface area contributed by atoms with Crippen LogP contribution in [-0.2, 0) is 0 Å². The number of nitrogens with two attached hydrogens (primary N) is 2. The number of hydrogen-bond donors (Lipinski definition) is 3. The maximum absolute atomic E-state index is 6.02. The summed E-state index contributed by atoms with van der Waals surface area (Å²) in [5, 5.41) is 3.14. The van der Waals surface area contributed by atoms with Gasteiger partial charge in [0.2, 0.25) is 0 Å². The molecular weight excluding hydrogens is 274 g/mol. The van der Waals surface area contributed by atoms with Crippen molar-refractivity contribution < 1.29 is 0 Å². The fourth-order valence-electron chi connectivity index (χ4n) is 1.77. The van der Waals surface area contributed by atoms with Crippen molar-refractivity contribution in [3.8, 4) is 0 Å². The Hall–Kier alpha value is -2.01. The highest BCUT2D eigenvalue weighted by atomic mass is 15.1. The van der Waals surface area contributed by atoms with Crippen LogP contribution in [0.2, 0.25) is 0 Å². The highest BCUT2D eigenvalue weighted by molar-refractivity contribution is 5.94. The monoisotopic (exact) mass is 303 g/mol. The van der Waals surface area contributed by atoms with E-state index in [2.05, 4.69) is 28.3 Å². The molecule has 1 aromatic carbocycles. The molecule has 0 heterocycles. The van der Waals surface area contributed by atoms with Gasteiger partial charge in [0.1, 0.15) is 5.84 Å². The lowest BCUT2D eigenvalue weighted by Gasteiger charge is -2.19. The number of benzene rings is 1. The Labute approximate surface area is 134 Å². The van der Waals surface area contributed by atoms with Crippen LogP contribution in [0, 0.1) is 5.41 Å². The van der Waals surface area contributed by atoms with E-state index >= 15 is 0 Å². The van der Waals surface area contributed by atoms with Crippen LogP contribution in [0.4, 0.5) is 11.4 Å². The SMILES string of the molecule is CNCCN(C)c1cccc(N=C(N)/C=C(\N)C(C)(C)C)c1. The largest absolute Gasteiger partial charge is 0.401 e. The van der Waals surface area contributed by atoms with Gasteiger partial charge in [-0.25, -0.2) is 4.99 Å². The standard InChI is InChI=1S/C17H29N5/c1-17(2,3)15(18)12-16(19)21-13-7-6-8-14(11-13)22(5)10-9-20-4/h6-8,11-12,20H,9-10,18H2,1-5H3,(H2,19,21)/b15-12-. The number of amidine groups is 1. The Morgan fingerprint density at radius 2 is 2.00 bits per heavy atom. The van der Waals surface area contributed by atoms with Gasteiger partial charge in [-0.05, 0) is 31.3 Å². The minimum atomic E-state index is -0.116. The summed E-state index contributed by atoms with van der Waals surface area (Å²) in [5.41, 5.74) is 14.5. The summed E-state index contributed by atoms with van der Waals surface area (Å²) < 4.78 is 0. The van der Waals surface area contributed by atoms with E-state index in [1.165, 1.54) is 0 Å². The molecule has 0 aliphatic carbocycles. The first kappa shape index (κ1) is 18.0. The third-order valence-electron chi connectivity index (χ3n) is 3.40. The lowest BCUT2D eigenvalue weighted by atomic mass is 9.92. The summed E-state index contributed by atoms with van der Waals surface area (Å²) in [7, 11) is 4.00. The molecule has 0 amide bonds. The zero-order chi connectivity index (χ0) is 16.8. The average Bonchev–Trinajstić information content (AvgIpc) is 2.43. The van der Waals surface area contributed by atoms with Crippen molar-refractivity contribution in [1.29, 1.82) is 0 Å². The van der Waals surface area contributed by atoms with Gasteiger partial charge in [0.25, 0.3) is 0 Å². The van der Waals surface area contributed by atoms with E-state index in [1.54, 1.807) is 6.08 Å². The molecule has 1 aromatic rings. The van der Waals surface area contributed by atoms with Crippen LogP contribution in [0.5, 0.6) is 0 Å². The van der Waals surface area contributed by atoms with E-state index in [0.29, 0.717) is 5.84 Å². The predicted octanol–water partition coefficient (Wildman–Crippen LogP) is 2.22. The number of anilines is 1. The minimum Gasteiger partial charge on any atom is -0.401 e. The molecule has 0 radical (unpaired) electrons. The molecule has 1 rings (SSSR count).